The van der Waals surface area contributed by atoms with E-state index < -0.39 is 0 Å². The van der Waals surface area contributed by atoms with Crippen LogP contribution in [0.25, 0.3) is 86.6 Å². The number of hydrogen-bond donors (Lipinski definition) is 0. The Morgan fingerprint density at radius 2 is 0.792 bits per heavy atom. The highest BCUT2D eigenvalue weighted by atomic mass is 32.1. The largest absolute Gasteiger partial charge is 0.456 e. The fraction of sp³-hybridized carbons (Fsp3) is 0.0294. The molecule has 4 heteroatoms. The second-order valence-electron chi connectivity index (χ2n) is 18.6. The predicted molar refractivity (Wildman–Crippen MR) is 307 cm³/mol. The third-order valence-corrected chi connectivity index (χ3v) is 15.1. The van der Waals surface area contributed by atoms with Crippen molar-refractivity contribution in [3.8, 4) is 44.5 Å². The van der Waals surface area contributed by atoms with E-state index in [1.807, 2.05) is 23.5 Å². The van der Waals surface area contributed by atoms with Crippen LogP contribution in [-0.2, 0) is 0 Å². The first-order valence-electron chi connectivity index (χ1n) is 24.6. The average Bonchev–Trinajstić information content (AvgIpc) is 3.93. The first-order valence-corrected chi connectivity index (χ1v) is 25.4. The number of anilines is 5. The quantitative estimate of drug-likeness (QED) is 0.136. The molecule has 2 heterocycles. The van der Waals surface area contributed by atoms with Gasteiger partial charge in [-0.3, -0.25) is 0 Å². The van der Waals surface area contributed by atoms with Crippen molar-refractivity contribution < 1.29 is 4.42 Å². The second-order valence-corrected chi connectivity index (χ2v) is 19.7. The van der Waals surface area contributed by atoms with Crippen molar-refractivity contribution in [1.29, 1.82) is 0 Å². The molecule has 0 amide bonds. The number of furan rings is 1. The van der Waals surface area contributed by atoms with Crippen molar-refractivity contribution in [2.75, 3.05) is 9.80 Å². The van der Waals surface area contributed by atoms with Crippen LogP contribution in [0.1, 0.15) is 13.3 Å². The molecule has 1 aliphatic carbocycles. The maximum Gasteiger partial charge on any atom is 0.135 e. The Bertz CT molecular complexity index is 4030. The molecule has 0 radical (unpaired) electrons. The lowest BCUT2D eigenvalue weighted by Gasteiger charge is -2.27. The lowest BCUT2D eigenvalue weighted by molar-refractivity contribution is 0.669. The van der Waals surface area contributed by atoms with E-state index in [1.54, 1.807) is 0 Å². The van der Waals surface area contributed by atoms with E-state index in [-0.39, 0.29) is 0 Å². The van der Waals surface area contributed by atoms with Crippen LogP contribution < -0.4 is 9.80 Å². The summed E-state index contributed by atoms with van der Waals surface area (Å²) in [5.74, 6) is 0. The molecule has 0 bridgehead atoms. The van der Waals surface area contributed by atoms with Crippen LogP contribution in [0.4, 0.5) is 28.4 Å². The van der Waals surface area contributed by atoms with Gasteiger partial charge in [0, 0.05) is 65.1 Å². The van der Waals surface area contributed by atoms with Gasteiger partial charge in [-0.25, -0.2) is 0 Å². The van der Waals surface area contributed by atoms with E-state index in [4.69, 9.17) is 4.42 Å². The van der Waals surface area contributed by atoms with Crippen molar-refractivity contribution in [1.82, 2.24) is 0 Å². The smallest absolute Gasteiger partial charge is 0.135 e. The molecule has 0 atom stereocenters. The Labute approximate surface area is 423 Å². The lowest BCUT2D eigenvalue weighted by Crippen LogP contribution is -2.15. The molecule has 10 aromatic carbocycles. The summed E-state index contributed by atoms with van der Waals surface area (Å²) in [6.07, 6.45) is 9.92. The summed E-state index contributed by atoms with van der Waals surface area (Å²) < 4.78 is 8.79. The molecule has 0 saturated carbocycles. The molecular formula is C68H48N2OS. The van der Waals surface area contributed by atoms with Gasteiger partial charge in [-0.2, -0.15) is 0 Å². The number of fused-ring (bicyclic) bond motifs is 6. The summed E-state index contributed by atoms with van der Waals surface area (Å²) in [6, 6.07) is 85.5. The van der Waals surface area contributed by atoms with Crippen LogP contribution in [0.2, 0.25) is 0 Å². The fourth-order valence-electron chi connectivity index (χ4n) is 10.3. The van der Waals surface area contributed by atoms with Crippen molar-refractivity contribution in [3.05, 3.63) is 272 Å². The summed E-state index contributed by atoms with van der Waals surface area (Å²) in [5.41, 5.74) is 19.3. The zero-order chi connectivity index (χ0) is 48.0. The Kier molecular flexibility index (Phi) is 11.0. The minimum absolute atomic E-state index is 0.890. The zero-order valence-corrected chi connectivity index (χ0v) is 40.6. The van der Waals surface area contributed by atoms with E-state index in [0.717, 1.165) is 62.5 Å². The van der Waals surface area contributed by atoms with Crippen molar-refractivity contribution >= 4 is 81.9 Å². The molecule has 2 aromatic heterocycles. The Morgan fingerprint density at radius 1 is 0.361 bits per heavy atom. The zero-order valence-electron chi connectivity index (χ0n) is 39.7. The van der Waals surface area contributed by atoms with Gasteiger partial charge in [-0.1, -0.05) is 169 Å². The van der Waals surface area contributed by atoms with Gasteiger partial charge in [0.25, 0.3) is 0 Å². The van der Waals surface area contributed by atoms with Crippen LogP contribution in [0.15, 0.2) is 277 Å². The van der Waals surface area contributed by atoms with Gasteiger partial charge in [0.1, 0.15) is 11.2 Å². The molecular weight excluding hydrogens is 893 g/mol. The van der Waals surface area contributed by atoms with Crippen LogP contribution in [0.5, 0.6) is 0 Å². The Hall–Kier alpha value is -8.96. The maximum absolute atomic E-state index is 6.16. The predicted octanol–water partition coefficient (Wildman–Crippen LogP) is 20.0. The molecule has 0 unspecified atom stereocenters. The fourth-order valence-corrected chi connectivity index (χ4v) is 11.4. The molecule has 72 heavy (non-hydrogen) atoms. The standard InChI is InChI=1S/C68H48N2OS/c1-46-11-5-6-14-58(43-46)70(60-40-42-68-64(45-60)62-16-8-10-18-67(62)72-68)57-37-33-54(34-38-57)52-29-25-50(26-30-52)48-21-19-47(20-22-48)49-23-27-51(28-24-49)53-31-35-56(36-32-53)69(55-12-3-2-4-13-55)59-39-41-66-63(44-59)61-15-7-9-17-65(61)71-66/h2-10,12-45H,11H2,1H3. The highest BCUT2D eigenvalue weighted by Crippen LogP contribution is 2.42. The topological polar surface area (TPSA) is 19.6 Å². The summed E-state index contributed by atoms with van der Waals surface area (Å²) in [4.78, 5) is 4.70. The number of hydrogen-bond acceptors (Lipinski definition) is 4. The molecule has 0 spiro atoms. The molecule has 3 nitrogen and oxygen atoms in total. The van der Waals surface area contributed by atoms with Gasteiger partial charge >= 0.3 is 0 Å². The minimum Gasteiger partial charge on any atom is -0.456 e. The number of thiophene rings is 1. The van der Waals surface area contributed by atoms with E-state index in [2.05, 4.69) is 265 Å². The molecule has 0 saturated heterocycles. The number of benzene rings is 10. The number of nitrogens with zero attached hydrogens (tertiary/aromatic N) is 2. The third-order valence-electron chi connectivity index (χ3n) is 14.0. The molecule has 12 aromatic rings. The van der Waals surface area contributed by atoms with Gasteiger partial charge in [-0.15, -0.1) is 11.3 Å². The Balaban J connectivity index is 0.711. The average molecular weight is 941 g/mol. The number of allylic oxidation sites excluding steroid dienone is 5. The molecule has 13 rings (SSSR count). The lowest BCUT2D eigenvalue weighted by atomic mass is 9.97. The van der Waals surface area contributed by atoms with Crippen LogP contribution in [0, 0.1) is 0 Å². The third kappa shape index (κ3) is 8.18. The summed E-state index contributed by atoms with van der Waals surface area (Å²) in [6.45, 7) is 2.21. The van der Waals surface area contributed by atoms with Gasteiger partial charge < -0.3 is 14.2 Å². The molecule has 342 valence electrons. The highest BCUT2D eigenvalue weighted by molar-refractivity contribution is 7.25. The Morgan fingerprint density at radius 3 is 1.40 bits per heavy atom. The second kappa shape index (κ2) is 18.4. The highest BCUT2D eigenvalue weighted by Gasteiger charge is 2.18. The van der Waals surface area contributed by atoms with Gasteiger partial charge in [0.15, 0.2) is 0 Å². The maximum atomic E-state index is 6.16. The molecule has 1 aliphatic rings. The first-order chi connectivity index (χ1) is 35.6. The van der Waals surface area contributed by atoms with Crippen LogP contribution in [0.3, 0.4) is 0 Å². The van der Waals surface area contributed by atoms with Gasteiger partial charge in [0.05, 0.1) is 0 Å². The molecule has 0 aliphatic heterocycles. The normalized spacial score (nSPS) is 12.6. The molecule has 0 fully saturated rings. The number of rotatable bonds is 10. The van der Waals surface area contributed by atoms with Crippen LogP contribution in [-0.4, -0.2) is 0 Å². The monoisotopic (exact) mass is 940 g/mol. The van der Waals surface area contributed by atoms with Crippen molar-refractivity contribution in [3.63, 3.8) is 0 Å². The summed E-state index contributed by atoms with van der Waals surface area (Å²) >= 11 is 1.86. The van der Waals surface area contributed by atoms with E-state index in [1.165, 1.54) is 70.3 Å². The van der Waals surface area contributed by atoms with Gasteiger partial charge in [0.2, 0.25) is 0 Å². The molecule has 0 N–H and O–H groups in total. The van der Waals surface area contributed by atoms with Gasteiger partial charge in [-0.05, 0) is 155 Å². The van der Waals surface area contributed by atoms with Crippen molar-refractivity contribution in [2.24, 2.45) is 0 Å². The first kappa shape index (κ1) is 43.1. The minimum atomic E-state index is 0.890. The summed E-state index contributed by atoms with van der Waals surface area (Å²) in [5, 5.41) is 4.83. The number of para-hydroxylation sites is 2. The SMILES string of the molecule is CC1=CC(N(c2ccc(-c3ccc(-c4ccc(-c5ccc(-c6ccc(N(c7ccccc7)c7ccc8oc9ccccc9c8c7)cc6)cc5)cc4)cc3)cc2)c2ccc3sc4ccccc4c3c2)=CC=CC1. The van der Waals surface area contributed by atoms with E-state index in [0.29, 0.717) is 0 Å². The van der Waals surface area contributed by atoms with E-state index >= 15 is 0 Å². The van der Waals surface area contributed by atoms with E-state index in [9.17, 15) is 0 Å². The van der Waals surface area contributed by atoms with Crippen LogP contribution >= 0.6 is 11.3 Å². The summed E-state index contributed by atoms with van der Waals surface area (Å²) in [7, 11) is 0. The van der Waals surface area contributed by atoms with Crippen molar-refractivity contribution in [2.45, 2.75) is 13.3 Å².